The number of carbonyl (C=O) groups is 2. The Kier molecular flexibility index (Phi) is 9.91. The summed E-state index contributed by atoms with van der Waals surface area (Å²) in [7, 11) is -10.8. The van der Waals surface area contributed by atoms with Crippen molar-refractivity contribution in [3.8, 4) is 11.1 Å². The van der Waals surface area contributed by atoms with Gasteiger partial charge in [-0.15, -0.1) is 5.11 Å². The monoisotopic (exact) mass is 766 g/mol. The molecule has 4 aromatic carbocycles. The van der Waals surface area contributed by atoms with Crippen molar-refractivity contribution < 1.29 is 40.5 Å². The number of carbonyl (C=O) groups excluding carboxylic acids is 2. The van der Waals surface area contributed by atoms with Crippen LogP contribution in [0.15, 0.2) is 133 Å². The number of nitrogens with one attached hydrogen (secondary N) is 2. The number of hydrogen-bond donors (Lipinski definition) is 3. The second kappa shape index (κ2) is 14.6. The number of rotatable bonds is 10. The normalized spacial score (nSPS) is 15.0. The Morgan fingerprint density at radius 3 is 1.78 bits per heavy atom. The summed E-state index contributed by atoms with van der Waals surface area (Å²) in [5.74, 6) is -1.34. The van der Waals surface area contributed by atoms with Crippen LogP contribution in [0.25, 0.3) is 17.2 Å². The van der Waals surface area contributed by atoms with Gasteiger partial charge in [-0.3, -0.25) is 30.6 Å². The third kappa shape index (κ3) is 8.05. The summed E-state index contributed by atoms with van der Waals surface area (Å²) < 4.78 is 73.4. The average molecular weight is 767 g/mol. The van der Waals surface area contributed by atoms with E-state index in [0.717, 1.165) is 23.3 Å². The summed E-state index contributed by atoms with van der Waals surface area (Å²) in [6.07, 6.45) is 6.63. The molecule has 4 aromatic rings. The Morgan fingerprint density at radius 2 is 1.26 bits per heavy atom. The molecule has 0 heterocycles. The highest BCUT2D eigenvalue weighted by atomic mass is 32.2. The maximum absolute atomic E-state index is 13.7. The number of fused-ring (bicyclic) bond motifs is 1. The SMILES string of the molecule is Nc1c(N=Nc2ccc([N+](=O)[O-])cc2)c(S(=O)(=O)[O-])cc2c1C(=O)/C(=N/Nc1ccc(-c3ccc(NN=C4C=CC(=O)C=C4)cc3)cc1)C(S(=O)(=O)[O-])=C2. The Hall–Kier alpha value is -7.00. The van der Waals surface area contributed by atoms with Gasteiger partial charge in [-0.1, -0.05) is 24.3 Å². The second-order valence-corrected chi connectivity index (χ2v) is 14.0. The summed E-state index contributed by atoms with van der Waals surface area (Å²) in [6.45, 7) is 0. The first-order chi connectivity index (χ1) is 25.6. The highest BCUT2D eigenvalue weighted by molar-refractivity contribution is 7.91. The van der Waals surface area contributed by atoms with Crippen molar-refractivity contribution in [2.75, 3.05) is 16.6 Å². The van der Waals surface area contributed by atoms with Crippen LogP contribution in [0.5, 0.6) is 0 Å². The first-order valence-electron chi connectivity index (χ1n) is 15.2. The minimum absolute atomic E-state index is 0.0133. The van der Waals surface area contributed by atoms with Gasteiger partial charge in [-0.25, -0.2) is 16.8 Å². The van der Waals surface area contributed by atoms with Crippen molar-refractivity contribution in [3.05, 3.63) is 129 Å². The van der Waals surface area contributed by atoms with Crippen LogP contribution in [0.1, 0.15) is 15.9 Å². The number of hydrazone groups is 2. The zero-order chi connectivity index (χ0) is 38.8. The van der Waals surface area contributed by atoms with Crippen LogP contribution in [0.2, 0.25) is 0 Å². The van der Waals surface area contributed by atoms with E-state index in [4.69, 9.17) is 5.73 Å². The first kappa shape index (κ1) is 36.8. The first-order valence-corrected chi connectivity index (χ1v) is 18.0. The lowest BCUT2D eigenvalue weighted by Gasteiger charge is -2.23. The van der Waals surface area contributed by atoms with E-state index in [2.05, 4.69) is 31.3 Å². The number of nitro benzene ring substituents is 1. The van der Waals surface area contributed by atoms with Gasteiger partial charge in [-0.05, 0) is 89.5 Å². The third-order valence-electron chi connectivity index (χ3n) is 7.71. The van der Waals surface area contributed by atoms with E-state index in [9.17, 15) is 45.6 Å². The van der Waals surface area contributed by atoms with E-state index < -0.39 is 69.0 Å². The van der Waals surface area contributed by atoms with Crippen LogP contribution in [0.3, 0.4) is 0 Å². The number of hydrogen-bond acceptors (Lipinski definition) is 17. The van der Waals surface area contributed by atoms with E-state index in [1.54, 1.807) is 48.6 Å². The molecular formula is C34H22N8O10S2-2. The topological polar surface area (TPSA) is 291 Å². The number of ketones is 2. The van der Waals surface area contributed by atoms with E-state index in [-0.39, 0.29) is 22.8 Å². The fraction of sp³-hybridized carbons (Fsp3) is 0. The van der Waals surface area contributed by atoms with E-state index in [1.165, 1.54) is 24.3 Å². The molecule has 0 bridgehead atoms. The van der Waals surface area contributed by atoms with Crippen LogP contribution >= 0.6 is 0 Å². The predicted octanol–water partition coefficient (Wildman–Crippen LogP) is 5.18. The number of benzene rings is 4. The van der Waals surface area contributed by atoms with E-state index >= 15 is 0 Å². The smallest absolute Gasteiger partial charge is 0.269 e. The molecule has 20 heteroatoms. The third-order valence-corrected chi connectivity index (χ3v) is 9.41. The molecule has 0 amide bonds. The van der Waals surface area contributed by atoms with Gasteiger partial charge in [0.25, 0.3) is 5.69 Å². The highest BCUT2D eigenvalue weighted by Crippen LogP contribution is 2.41. The molecule has 0 spiro atoms. The standard InChI is InChI=1S/C34H24N8O10S2/c35-31-30-21(17-28(53(47,48)49)32(31)40-38-24-9-13-26(14-10-24)42(45)46)18-29(54(50,51)52)33(34(30)44)41-39-23-7-3-20(4-8-23)19-1-5-22(6-2-19)36-37-25-11-15-27(43)16-12-25/h1-18,36,39H,35H2,(H,47,48,49)(H,50,51,52)/p-2/b40-38?,41-33+. The number of azo groups is 1. The number of nitrogens with zero attached hydrogens (tertiary/aromatic N) is 5. The Bertz CT molecular complexity index is 2630. The quantitative estimate of drug-likeness (QED) is 0.0469. The maximum atomic E-state index is 13.7. The Labute approximate surface area is 305 Å². The Balaban J connectivity index is 1.27. The summed E-state index contributed by atoms with van der Waals surface area (Å²) in [5, 5.41) is 26.6. The van der Waals surface area contributed by atoms with Crippen molar-refractivity contribution in [1.29, 1.82) is 0 Å². The fourth-order valence-electron chi connectivity index (χ4n) is 5.08. The molecular weight excluding hydrogens is 745 g/mol. The number of nitrogens with two attached hydrogens (primary N) is 1. The molecule has 0 radical (unpaired) electrons. The zero-order valence-corrected chi connectivity index (χ0v) is 28.7. The molecule has 0 aliphatic heterocycles. The molecule has 6 rings (SSSR count). The number of Topliss-reactive ketones (excluding diaryl/α,β-unsaturated/α-hetero) is 1. The number of nitrogen functional groups attached to an aromatic ring is 1. The molecule has 0 atom stereocenters. The van der Waals surface area contributed by atoms with Gasteiger partial charge >= 0.3 is 0 Å². The molecule has 0 aromatic heterocycles. The number of allylic oxidation sites excluding steroid dienone is 5. The summed E-state index contributed by atoms with van der Waals surface area (Å²) in [5.41, 5.74) is 11.0. The lowest BCUT2D eigenvalue weighted by molar-refractivity contribution is -0.384. The van der Waals surface area contributed by atoms with Crippen LogP contribution < -0.4 is 16.6 Å². The molecule has 2 aliphatic carbocycles. The van der Waals surface area contributed by atoms with Crippen LogP contribution in [-0.4, -0.2) is 53.9 Å². The van der Waals surface area contributed by atoms with Crippen LogP contribution in [-0.2, 0) is 25.0 Å². The lowest BCUT2D eigenvalue weighted by atomic mass is 9.92. The van der Waals surface area contributed by atoms with E-state index in [1.807, 2.05) is 12.1 Å². The van der Waals surface area contributed by atoms with Crippen LogP contribution in [0.4, 0.5) is 34.1 Å². The molecule has 0 saturated carbocycles. The zero-order valence-electron chi connectivity index (χ0n) is 27.1. The van der Waals surface area contributed by atoms with Gasteiger partial charge in [0.05, 0.1) is 48.7 Å². The highest BCUT2D eigenvalue weighted by Gasteiger charge is 2.34. The number of nitro groups is 1. The van der Waals surface area contributed by atoms with Gasteiger partial charge in [0, 0.05) is 12.1 Å². The molecule has 0 saturated heterocycles. The molecule has 2 aliphatic rings. The van der Waals surface area contributed by atoms with Crippen LogP contribution in [0, 0.1) is 10.1 Å². The molecule has 272 valence electrons. The van der Waals surface area contributed by atoms with Gasteiger partial charge in [0.1, 0.15) is 31.6 Å². The van der Waals surface area contributed by atoms with Crippen molar-refractivity contribution >= 4 is 83.4 Å². The van der Waals surface area contributed by atoms with Gasteiger partial charge in [-0.2, -0.15) is 15.3 Å². The molecule has 54 heavy (non-hydrogen) atoms. The average Bonchev–Trinajstić information content (AvgIpc) is 3.13. The summed E-state index contributed by atoms with van der Waals surface area (Å²) >= 11 is 0. The molecule has 0 unspecified atom stereocenters. The summed E-state index contributed by atoms with van der Waals surface area (Å²) in [4.78, 5) is 33.1. The number of non-ortho nitro benzene ring substituents is 1. The fourth-order valence-corrected chi connectivity index (χ4v) is 6.38. The van der Waals surface area contributed by atoms with Gasteiger partial charge in [0.15, 0.2) is 5.78 Å². The van der Waals surface area contributed by atoms with Gasteiger partial charge in [0.2, 0.25) is 5.78 Å². The molecule has 18 nitrogen and oxygen atoms in total. The van der Waals surface area contributed by atoms with Crippen molar-refractivity contribution in [2.24, 2.45) is 20.4 Å². The second-order valence-electron chi connectivity index (χ2n) is 11.3. The van der Waals surface area contributed by atoms with Crippen molar-refractivity contribution in [2.45, 2.75) is 4.90 Å². The molecule has 0 fully saturated rings. The van der Waals surface area contributed by atoms with Crippen molar-refractivity contribution in [1.82, 2.24) is 0 Å². The maximum Gasteiger partial charge on any atom is 0.269 e. The van der Waals surface area contributed by atoms with Crippen molar-refractivity contribution in [3.63, 3.8) is 0 Å². The number of anilines is 3. The predicted molar refractivity (Wildman–Crippen MR) is 195 cm³/mol. The Morgan fingerprint density at radius 1 is 0.704 bits per heavy atom. The largest absolute Gasteiger partial charge is 0.744 e. The minimum Gasteiger partial charge on any atom is -0.744 e. The minimum atomic E-state index is -5.41. The van der Waals surface area contributed by atoms with Gasteiger partial charge < -0.3 is 14.8 Å². The van der Waals surface area contributed by atoms with E-state index in [0.29, 0.717) is 23.5 Å². The summed E-state index contributed by atoms with van der Waals surface area (Å²) in [6, 6.07) is 18.9. The lowest BCUT2D eigenvalue weighted by Crippen LogP contribution is -2.28. The molecule has 4 N–H and O–H groups in total.